The maximum atomic E-state index is 11.9. The fourth-order valence-electron chi connectivity index (χ4n) is 3.61. The summed E-state index contributed by atoms with van der Waals surface area (Å²) < 4.78 is 7.37. The first-order chi connectivity index (χ1) is 13.9. The molecule has 2 aromatic carbocycles. The van der Waals surface area contributed by atoms with Crippen molar-refractivity contribution in [2.24, 2.45) is 5.73 Å². The summed E-state index contributed by atoms with van der Waals surface area (Å²) in [5.74, 6) is -0.498. The number of benzene rings is 2. The van der Waals surface area contributed by atoms with Gasteiger partial charge in [-0.3, -0.25) is 10.1 Å². The largest absolute Gasteiger partial charge is 0.416 e. The fourth-order valence-corrected chi connectivity index (χ4v) is 3.61. The molecule has 3 aromatic rings. The van der Waals surface area contributed by atoms with Crippen LogP contribution >= 0.6 is 0 Å². The first-order valence-corrected chi connectivity index (χ1v) is 9.12. The summed E-state index contributed by atoms with van der Waals surface area (Å²) in [6, 6.07) is 17.1. The second-order valence-corrected chi connectivity index (χ2v) is 7.08. The monoisotopic (exact) mass is 391 g/mol. The van der Waals surface area contributed by atoms with Crippen LogP contribution in [0.2, 0.25) is 0 Å². The van der Waals surface area contributed by atoms with Crippen molar-refractivity contribution in [3.63, 3.8) is 0 Å². The highest BCUT2D eigenvalue weighted by Gasteiger charge is 2.42. The van der Waals surface area contributed by atoms with Gasteiger partial charge in [-0.1, -0.05) is 30.3 Å². The van der Waals surface area contributed by atoms with Crippen LogP contribution in [-0.2, 0) is 0 Å². The summed E-state index contributed by atoms with van der Waals surface area (Å²) in [6.45, 7) is 1.82. The molecule has 0 saturated carbocycles. The van der Waals surface area contributed by atoms with Crippen LogP contribution in [0.1, 0.15) is 22.7 Å². The predicted octanol–water partition coefficient (Wildman–Crippen LogP) is 3.18. The minimum Gasteiger partial charge on any atom is -0.416 e. The second kappa shape index (κ2) is 6.97. The number of nitrogens with zero attached hydrogens (tertiary/aromatic N) is 4. The number of anilines is 1. The summed E-state index contributed by atoms with van der Waals surface area (Å²) in [7, 11) is 3.88. The number of hydrogen-bond donors (Lipinski definition) is 1. The van der Waals surface area contributed by atoms with E-state index < -0.39 is 10.8 Å². The van der Waals surface area contributed by atoms with Crippen molar-refractivity contribution in [1.29, 1.82) is 0 Å². The van der Waals surface area contributed by atoms with Crippen LogP contribution in [0.25, 0.3) is 5.69 Å². The summed E-state index contributed by atoms with van der Waals surface area (Å²) in [5, 5.41) is 16.5. The Morgan fingerprint density at radius 3 is 2.38 bits per heavy atom. The van der Waals surface area contributed by atoms with Crippen LogP contribution in [-0.4, -0.2) is 28.8 Å². The Labute approximate surface area is 168 Å². The predicted molar refractivity (Wildman–Crippen MR) is 110 cm³/mol. The smallest absolute Gasteiger partial charge is 0.317 e. The Bertz CT molecular complexity index is 1100. The zero-order valence-electron chi connectivity index (χ0n) is 16.4. The maximum Gasteiger partial charge on any atom is 0.317 e. The van der Waals surface area contributed by atoms with E-state index in [4.69, 9.17) is 10.5 Å². The van der Waals surface area contributed by atoms with Crippen molar-refractivity contribution in [3.8, 4) is 11.6 Å². The van der Waals surface area contributed by atoms with Crippen LogP contribution in [0, 0.1) is 17.0 Å². The molecule has 1 aromatic heterocycles. The Morgan fingerprint density at radius 1 is 1.14 bits per heavy atom. The molecule has 148 valence electrons. The number of nitro groups is 1. The minimum atomic E-state index is -0.678. The lowest BCUT2D eigenvalue weighted by Crippen LogP contribution is -2.26. The average Bonchev–Trinajstić information content (AvgIpc) is 3.03. The topological polar surface area (TPSA) is 99.5 Å². The van der Waals surface area contributed by atoms with E-state index in [0.717, 1.165) is 16.9 Å². The summed E-state index contributed by atoms with van der Waals surface area (Å²) in [4.78, 5) is 13.4. The number of para-hydroxylation sites is 1. The quantitative estimate of drug-likeness (QED) is 0.542. The summed E-state index contributed by atoms with van der Waals surface area (Å²) in [5.41, 5.74) is 9.68. The van der Waals surface area contributed by atoms with Gasteiger partial charge in [-0.25, -0.2) is 4.68 Å². The number of hydrogen-bond acceptors (Lipinski definition) is 6. The highest BCUT2D eigenvalue weighted by Crippen LogP contribution is 2.45. The lowest BCUT2D eigenvalue weighted by atomic mass is 9.87. The van der Waals surface area contributed by atoms with E-state index in [-0.39, 0.29) is 11.6 Å². The molecule has 2 heterocycles. The number of allylic oxidation sites excluding steroid dienone is 1. The molecule has 1 aliphatic rings. The molecule has 4 rings (SSSR count). The number of ether oxygens (including phenoxy) is 1. The first-order valence-electron chi connectivity index (χ1n) is 9.12. The van der Waals surface area contributed by atoms with Crippen molar-refractivity contribution in [2.45, 2.75) is 12.8 Å². The van der Waals surface area contributed by atoms with Crippen molar-refractivity contribution < 1.29 is 9.66 Å². The van der Waals surface area contributed by atoms with Crippen LogP contribution in [0.4, 0.5) is 5.69 Å². The van der Waals surface area contributed by atoms with Gasteiger partial charge < -0.3 is 15.4 Å². The van der Waals surface area contributed by atoms with Gasteiger partial charge in [0.15, 0.2) is 0 Å². The van der Waals surface area contributed by atoms with E-state index in [1.54, 1.807) is 4.68 Å². The van der Waals surface area contributed by atoms with Crippen LogP contribution in [0.5, 0.6) is 5.88 Å². The van der Waals surface area contributed by atoms with Gasteiger partial charge in [0.05, 0.1) is 21.9 Å². The molecular weight excluding hydrogens is 370 g/mol. The van der Waals surface area contributed by atoms with Gasteiger partial charge in [0, 0.05) is 19.8 Å². The van der Waals surface area contributed by atoms with Crippen molar-refractivity contribution in [3.05, 3.63) is 93.1 Å². The second-order valence-electron chi connectivity index (χ2n) is 7.08. The van der Waals surface area contributed by atoms with Crippen molar-refractivity contribution >= 4 is 5.69 Å². The Kier molecular flexibility index (Phi) is 4.46. The standard InChI is InChI=1S/C21H21N5O3/c1-13-17-18(14-9-11-15(12-10-14)24(2)3)19(26(27)28)20(22)29-21(17)25(23-13)16-7-5-4-6-8-16/h4-12,18H,22H2,1-3H3. The molecule has 8 nitrogen and oxygen atoms in total. The average molecular weight is 391 g/mol. The van der Waals surface area contributed by atoms with Gasteiger partial charge in [-0.2, -0.15) is 5.10 Å². The third-order valence-electron chi connectivity index (χ3n) is 5.02. The van der Waals surface area contributed by atoms with Crippen LogP contribution in [0.15, 0.2) is 66.2 Å². The molecule has 0 bridgehead atoms. The number of fused-ring (bicyclic) bond motifs is 1. The van der Waals surface area contributed by atoms with Gasteiger partial charge in [0.2, 0.25) is 5.88 Å². The molecule has 29 heavy (non-hydrogen) atoms. The molecule has 0 radical (unpaired) electrons. The van der Waals surface area contributed by atoms with E-state index >= 15 is 0 Å². The number of rotatable bonds is 4. The fraction of sp³-hybridized carbons (Fsp3) is 0.190. The molecule has 0 fully saturated rings. The molecular formula is C21H21N5O3. The number of aryl methyl sites for hydroxylation is 1. The SMILES string of the molecule is Cc1nn(-c2ccccc2)c2c1C(c1ccc(N(C)C)cc1)C([N+](=O)[O-])=C(N)O2. The lowest BCUT2D eigenvalue weighted by molar-refractivity contribution is -0.432. The van der Waals surface area contributed by atoms with Gasteiger partial charge in [-0.15, -0.1) is 0 Å². The Hall–Kier alpha value is -3.81. The molecule has 1 atom stereocenters. The molecule has 0 aliphatic carbocycles. The zero-order valence-corrected chi connectivity index (χ0v) is 16.4. The third-order valence-corrected chi connectivity index (χ3v) is 5.02. The maximum absolute atomic E-state index is 11.9. The molecule has 0 amide bonds. The normalized spacial score (nSPS) is 15.6. The molecule has 0 spiro atoms. The Morgan fingerprint density at radius 2 is 1.79 bits per heavy atom. The number of aromatic nitrogens is 2. The zero-order chi connectivity index (χ0) is 20.7. The van der Waals surface area contributed by atoms with E-state index in [1.807, 2.05) is 80.5 Å². The Balaban J connectivity index is 1.92. The van der Waals surface area contributed by atoms with E-state index in [2.05, 4.69) is 5.10 Å². The van der Waals surface area contributed by atoms with E-state index in [9.17, 15) is 10.1 Å². The summed E-state index contributed by atoms with van der Waals surface area (Å²) in [6.07, 6.45) is 0. The number of nitrogens with two attached hydrogens (primary N) is 1. The molecule has 1 unspecified atom stereocenters. The molecule has 8 heteroatoms. The highest BCUT2D eigenvalue weighted by molar-refractivity contribution is 5.55. The van der Waals surface area contributed by atoms with E-state index in [0.29, 0.717) is 17.1 Å². The van der Waals surface area contributed by atoms with Crippen LogP contribution < -0.4 is 15.4 Å². The molecule has 1 aliphatic heterocycles. The lowest BCUT2D eigenvalue weighted by Gasteiger charge is -2.23. The van der Waals surface area contributed by atoms with Gasteiger partial charge >= 0.3 is 5.70 Å². The molecule has 0 saturated heterocycles. The summed E-state index contributed by atoms with van der Waals surface area (Å²) >= 11 is 0. The highest BCUT2D eigenvalue weighted by atomic mass is 16.6. The van der Waals surface area contributed by atoms with Gasteiger partial charge in [0.25, 0.3) is 5.88 Å². The van der Waals surface area contributed by atoms with E-state index in [1.165, 1.54) is 0 Å². The molecule has 2 N–H and O–H groups in total. The third kappa shape index (κ3) is 3.08. The van der Waals surface area contributed by atoms with Crippen LogP contribution in [0.3, 0.4) is 0 Å². The minimum absolute atomic E-state index is 0.175. The van der Waals surface area contributed by atoms with Gasteiger partial charge in [-0.05, 0) is 36.8 Å². The van der Waals surface area contributed by atoms with Crippen molar-refractivity contribution in [1.82, 2.24) is 9.78 Å². The van der Waals surface area contributed by atoms with Gasteiger partial charge in [0.1, 0.15) is 5.92 Å². The first kappa shape index (κ1) is 18.5. The van der Waals surface area contributed by atoms with Crippen molar-refractivity contribution in [2.75, 3.05) is 19.0 Å².